The Kier molecular flexibility index (Phi) is 7.24. The monoisotopic (exact) mass is 381 g/mol. The van der Waals surface area contributed by atoms with Gasteiger partial charge in [-0.15, -0.1) is 0 Å². The molecule has 1 aliphatic rings. The minimum absolute atomic E-state index is 0.0378. The summed E-state index contributed by atoms with van der Waals surface area (Å²) in [6.07, 6.45) is 3.82. The molecule has 0 spiro atoms. The van der Waals surface area contributed by atoms with Crippen molar-refractivity contribution in [2.45, 2.75) is 51.7 Å². The van der Waals surface area contributed by atoms with Gasteiger partial charge in [-0.25, -0.2) is 0 Å². The molecule has 4 nitrogen and oxygen atoms in total. The first kappa shape index (κ1) is 20.6. The van der Waals surface area contributed by atoms with Crippen molar-refractivity contribution in [1.82, 2.24) is 4.90 Å². The number of hydrogen-bond donors (Lipinski definition) is 1. The van der Waals surface area contributed by atoms with Gasteiger partial charge in [-0.2, -0.15) is 0 Å². The number of carbonyl (C=O) groups is 1. The summed E-state index contributed by atoms with van der Waals surface area (Å²) >= 11 is 0. The predicted octanol–water partition coefficient (Wildman–Crippen LogP) is 3.90. The molecule has 1 aliphatic carbocycles. The van der Waals surface area contributed by atoms with E-state index in [2.05, 4.69) is 36.1 Å². The fourth-order valence-electron chi connectivity index (χ4n) is 4.00. The van der Waals surface area contributed by atoms with Crippen molar-refractivity contribution in [3.63, 3.8) is 0 Å². The summed E-state index contributed by atoms with van der Waals surface area (Å²) in [4.78, 5) is 13.8. The highest BCUT2D eigenvalue weighted by atomic mass is 16.5. The van der Waals surface area contributed by atoms with Crippen LogP contribution >= 0.6 is 0 Å². The molecule has 0 saturated heterocycles. The van der Waals surface area contributed by atoms with Crippen LogP contribution in [0.5, 0.6) is 5.75 Å². The van der Waals surface area contributed by atoms with Gasteiger partial charge in [0.15, 0.2) is 5.78 Å². The molecule has 0 aliphatic heterocycles. The standard InChI is InChI=1S/C24H31NO3/c1-3-14-25(22-11-8-20-6-4-5-7-21(20)15-22)16-23(27)17-28-24-12-9-19(10-13-24)18(2)26/h4-7,9-10,12-13,22-23,27H,3,8,11,14-17H2,1-2H3. The number of nitrogens with zero attached hydrogens (tertiary/aromatic N) is 1. The van der Waals surface area contributed by atoms with Crippen LogP contribution in [0, 0.1) is 0 Å². The Bertz CT molecular complexity index is 772. The first-order valence-electron chi connectivity index (χ1n) is 10.3. The smallest absolute Gasteiger partial charge is 0.159 e. The van der Waals surface area contributed by atoms with Gasteiger partial charge in [0.2, 0.25) is 0 Å². The van der Waals surface area contributed by atoms with Crippen molar-refractivity contribution in [3.8, 4) is 5.75 Å². The second kappa shape index (κ2) is 9.85. The summed E-state index contributed by atoms with van der Waals surface area (Å²) in [5, 5.41) is 10.6. The molecule has 2 atom stereocenters. The van der Waals surface area contributed by atoms with Gasteiger partial charge < -0.3 is 9.84 Å². The van der Waals surface area contributed by atoms with Crippen LogP contribution in [0.3, 0.4) is 0 Å². The molecule has 0 saturated carbocycles. The van der Waals surface area contributed by atoms with Crippen LogP contribution in [-0.4, -0.2) is 47.6 Å². The third kappa shape index (κ3) is 5.43. The molecule has 0 radical (unpaired) electrons. The zero-order chi connectivity index (χ0) is 19.9. The third-order valence-electron chi connectivity index (χ3n) is 5.50. The van der Waals surface area contributed by atoms with Crippen molar-refractivity contribution >= 4 is 5.78 Å². The summed E-state index contributed by atoms with van der Waals surface area (Å²) in [6, 6.07) is 16.2. The molecule has 0 fully saturated rings. The van der Waals surface area contributed by atoms with Crippen LogP contribution in [0.2, 0.25) is 0 Å². The molecule has 0 heterocycles. The molecule has 1 N–H and O–H groups in total. The third-order valence-corrected chi connectivity index (χ3v) is 5.50. The van der Waals surface area contributed by atoms with E-state index in [1.807, 2.05) is 0 Å². The summed E-state index contributed by atoms with van der Waals surface area (Å²) in [7, 11) is 0. The minimum Gasteiger partial charge on any atom is -0.491 e. The highest BCUT2D eigenvalue weighted by Crippen LogP contribution is 2.25. The molecule has 28 heavy (non-hydrogen) atoms. The second-order valence-electron chi connectivity index (χ2n) is 7.71. The summed E-state index contributed by atoms with van der Waals surface area (Å²) < 4.78 is 5.74. The number of aliphatic hydroxyl groups excluding tert-OH is 1. The number of ketones is 1. The van der Waals surface area contributed by atoms with Gasteiger partial charge in [0.1, 0.15) is 18.5 Å². The van der Waals surface area contributed by atoms with Gasteiger partial charge in [-0.3, -0.25) is 9.69 Å². The topological polar surface area (TPSA) is 49.8 Å². The Morgan fingerprint density at radius 3 is 2.57 bits per heavy atom. The quantitative estimate of drug-likeness (QED) is 0.670. The molecule has 2 aromatic carbocycles. The van der Waals surface area contributed by atoms with E-state index in [4.69, 9.17) is 4.74 Å². The molecular formula is C24H31NO3. The number of aliphatic hydroxyl groups is 1. The van der Waals surface area contributed by atoms with E-state index >= 15 is 0 Å². The molecule has 2 aromatic rings. The van der Waals surface area contributed by atoms with E-state index in [1.54, 1.807) is 31.2 Å². The first-order valence-corrected chi connectivity index (χ1v) is 10.3. The van der Waals surface area contributed by atoms with Gasteiger partial charge in [0.05, 0.1) is 0 Å². The van der Waals surface area contributed by atoms with Crippen molar-refractivity contribution in [2.75, 3.05) is 19.7 Å². The fourth-order valence-corrected chi connectivity index (χ4v) is 4.00. The average molecular weight is 382 g/mol. The largest absolute Gasteiger partial charge is 0.491 e. The number of aryl methyl sites for hydroxylation is 1. The van der Waals surface area contributed by atoms with E-state index in [9.17, 15) is 9.90 Å². The number of Topliss-reactive ketones (excluding diaryl/α,β-unsaturated/α-hetero) is 1. The van der Waals surface area contributed by atoms with Gasteiger partial charge in [0.25, 0.3) is 0 Å². The maximum atomic E-state index is 11.3. The number of ether oxygens (including phenoxy) is 1. The summed E-state index contributed by atoms with van der Waals surface area (Å²) in [5.41, 5.74) is 3.57. The fraction of sp³-hybridized carbons (Fsp3) is 0.458. The molecule has 150 valence electrons. The summed E-state index contributed by atoms with van der Waals surface area (Å²) in [5.74, 6) is 0.716. The number of benzene rings is 2. The molecular weight excluding hydrogens is 350 g/mol. The minimum atomic E-state index is -0.545. The van der Waals surface area contributed by atoms with Crippen LogP contribution in [0.15, 0.2) is 48.5 Å². The van der Waals surface area contributed by atoms with Gasteiger partial charge in [-0.05, 0) is 74.5 Å². The highest BCUT2D eigenvalue weighted by Gasteiger charge is 2.25. The van der Waals surface area contributed by atoms with E-state index in [1.165, 1.54) is 11.1 Å². The van der Waals surface area contributed by atoms with E-state index in [0.717, 1.165) is 32.2 Å². The Balaban J connectivity index is 1.54. The lowest BCUT2D eigenvalue weighted by atomic mass is 9.87. The SMILES string of the molecule is CCCN(CC(O)COc1ccc(C(C)=O)cc1)C1CCc2ccccc2C1. The lowest BCUT2D eigenvalue weighted by molar-refractivity contribution is 0.0488. The van der Waals surface area contributed by atoms with E-state index < -0.39 is 6.10 Å². The van der Waals surface area contributed by atoms with Gasteiger partial charge >= 0.3 is 0 Å². The van der Waals surface area contributed by atoms with Crippen molar-refractivity contribution in [3.05, 3.63) is 65.2 Å². The van der Waals surface area contributed by atoms with E-state index in [-0.39, 0.29) is 12.4 Å². The Morgan fingerprint density at radius 1 is 1.18 bits per heavy atom. The number of fused-ring (bicyclic) bond motifs is 1. The van der Waals surface area contributed by atoms with Crippen LogP contribution in [0.25, 0.3) is 0 Å². The van der Waals surface area contributed by atoms with Crippen LogP contribution in [0.1, 0.15) is 48.2 Å². The molecule has 0 aromatic heterocycles. The maximum absolute atomic E-state index is 11.3. The van der Waals surface area contributed by atoms with Crippen molar-refractivity contribution < 1.29 is 14.6 Å². The van der Waals surface area contributed by atoms with E-state index in [0.29, 0.717) is 23.9 Å². The van der Waals surface area contributed by atoms with Gasteiger partial charge in [0, 0.05) is 18.2 Å². The van der Waals surface area contributed by atoms with Crippen molar-refractivity contribution in [2.24, 2.45) is 0 Å². The predicted molar refractivity (Wildman–Crippen MR) is 112 cm³/mol. The Hall–Kier alpha value is -2.17. The Labute approximate surface area is 168 Å². The normalized spacial score (nSPS) is 17.2. The van der Waals surface area contributed by atoms with Crippen molar-refractivity contribution in [1.29, 1.82) is 0 Å². The average Bonchev–Trinajstić information content (AvgIpc) is 2.72. The number of hydrogen-bond acceptors (Lipinski definition) is 4. The second-order valence-corrected chi connectivity index (χ2v) is 7.71. The molecule has 0 bridgehead atoms. The van der Waals surface area contributed by atoms with Crippen LogP contribution in [0.4, 0.5) is 0 Å². The van der Waals surface area contributed by atoms with Crippen LogP contribution in [-0.2, 0) is 12.8 Å². The molecule has 4 heteroatoms. The zero-order valence-electron chi connectivity index (χ0n) is 16.9. The number of rotatable bonds is 9. The zero-order valence-corrected chi connectivity index (χ0v) is 16.9. The molecule has 0 amide bonds. The molecule has 3 rings (SSSR count). The Morgan fingerprint density at radius 2 is 1.89 bits per heavy atom. The van der Waals surface area contributed by atoms with Gasteiger partial charge in [-0.1, -0.05) is 31.2 Å². The first-order chi connectivity index (χ1) is 13.6. The highest BCUT2D eigenvalue weighted by molar-refractivity contribution is 5.94. The summed E-state index contributed by atoms with van der Waals surface area (Å²) in [6.45, 7) is 5.58. The molecule has 2 unspecified atom stereocenters. The number of carbonyl (C=O) groups excluding carboxylic acids is 1. The van der Waals surface area contributed by atoms with Crippen LogP contribution < -0.4 is 4.74 Å². The lowest BCUT2D eigenvalue weighted by Gasteiger charge is -2.36. The maximum Gasteiger partial charge on any atom is 0.159 e. The lowest BCUT2D eigenvalue weighted by Crippen LogP contribution is -2.45.